The van der Waals surface area contributed by atoms with Crippen LogP contribution in [0.2, 0.25) is 0 Å². The minimum absolute atomic E-state index is 0.0173. The highest BCUT2D eigenvalue weighted by Gasteiger charge is 2.14. The van der Waals surface area contributed by atoms with Crippen molar-refractivity contribution < 1.29 is 4.79 Å². The van der Waals surface area contributed by atoms with Gasteiger partial charge in [0.2, 0.25) is 0 Å². The van der Waals surface area contributed by atoms with E-state index in [2.05, 4.69) is 34.9 Å². The van der Waals surface area contributed by atoms with Crippen molar-refractivity contribution in [3.8, 4) is 0 Å². The highest BCUT2D eigenvalue weighted by molar-refractivity contribution is 5.73. The lowest BCUT2D eigenvalue weighted by atomic mass is 10.1. The third-order valence-electron chi connectivity index (χ3n) is 4.01. The number of imidazole rings is 1. The summed E-state index contributed by atoms with van der Waals surface area (Å²) in [6.45, 7) is 6.68. The molecule has 2 amide bonds. The van der Waals surface area contributed by atoms with Crippen molar-refractivity contribution in [2.75, 3.05) is 13.6 Å². The Kier molecular flexibility index (Phi) is 5.04. The maximum absolute atomic E-state index is 12.0. The third-order valence-corrected chi connectivity index (χ3v) is 4.01. The molecule has 1 aromatic rings. The van der Waals surface area contributed by atoms with E-state index in [1.54, 1.807) is 4.90 Å². The van der Waals surface area contributed by atoms with Gasteiger partial charge in [0.1, 0.15) is 5.82 Å². The van der Waals surface area contributed by atoms with E-state index >= 15 is 0 Å². The van der Waals surface area contributed by atoms with Gasteiger partial charge in [0.15, 0.2) is 0 Å². The van der Waals surface area contributed by atoms with E-state index < -0.39 is 0 Å². The van der Waals surface area contributed by atoms with Crippen molar-refractivity contribution >= 4 is 6.03 Å². The van der Waals surface area contributed by atoms with Crippen LogP contribution in [0.25, 0.3) is 0 Å². The van der Waals surface area contributed by atoms with Crippen molar-refractivity contribution in [3.63, 3.8) is 0 Å². The summed E-state index contributed by atoms with van der Waals surface area (Å²) in [7, 11) is 1.85. The average Bonchev–Trinajstić information content (AvgIpc) is 2.87. The lowest BCUT2D eigenvalue weighted by Gasteiger charge is -2.20. The predicted molar refractivity (Wildman–Crippen MR) is 79.5 cm³/mol. The number of nitrogens with zero attached hydrogens (tertiary/aromatic N) is 3. The minimum Gasteiger partial charge on any atom is -0.335 e. The van der Waals surface area contributed by atoms with Crippen LogP contribution < -0.4 is 5.32 Å². The summed E-state index contributed by atoms with van der Waals surface area (Å²) < 4.78 is 2.22. The second-order valence-electron chi connectivity index (χ2n) is 5.85. The van der Waals surface area contributed by atoms with Crippen LogP contribution in [-0.2, 0) is 19.5 Å². The van der Waals surface area contributed by atoms with E-state index in [0.29, 0.717) is 12.5 Å². The lowest BCUT2D eigenvalue weighted by Crippen LogP contribution is -2.39. The molecule has 0 aromatic carbocycles. The standard InChI is InChI=1S/C15H26N4O/c1-4-12(2)10-18(3)15(20)16-9-13-11-19-8-6-5-7-14(19)17-13/h11-12H,4-10H2,1-3H3,(H,16,20)/t12-/m1/s1. The van der Waals surface area contributed by atoms with Gasteiger partial charge in [0.05, 0.1) is 12.2 Å². The second-order valence-corrected chi connectivity index (χ2v) is 5.85. The van der Waals surface area contributed by atoms with Crippen molar-refractivity contribution in [2.45, 2.75) is 52.6 Å². The predicted octanol–water partition coefficient (Wildman–Crippen LogP) is 2.41. The highest BCUT2D eigenvalue weighted by Crippen LogP contribution is 2.14. The van der Waals surface area contributed by atoms with E-state index in [0.717, 1.165) is 37.4 Å². The molecule has 1 aliphatic heterocycles. The smallest absolute Gasteiger partial charge is 0.317 e. The van der Waals surface area contributed by atoms with Crippen molar-refractivity contribution in [2.24, 2.45) is 5.92 Å². The number of urea groups is 1. The maximum Gasteiger partial charge on any atom is 0.317 e. The molecule has 0 unspecified atom stereocenters. The Morgan fingerprint density at radius 1 is 1.55 bits per heavy atom. The largest absolute Gasteiger partial charge is 0.335 e. The van der Waals surface area contributed by atoms with Crippen LogP contribution in [0.1, 0.15) is 44.6 Å². The molecule has 0 saturated heterocycles. The Labute approximate surface area is 121 Å². The van der Waals surface area contributed by atoms with Crippen LogP contribution >= 0.6 is 0 Å². The van der Waals surface area contributed by atoms with Gasteiger partial charge < -0.3 is 14.8 Å². The number of carbonyl (C=O) groups excluding carboxylic acids is 1. The molecule has 0 radical (unpaired) electrons. The number of aryl methyl sites for hydroxylation is 2. The van der Waals surface area contributed by atoms with E-state index in [-0.39, 0.29) is 6.03 Å². The molecule has 5 nitrogen and oxygen atoms in total. The average molecular weight is 278 g/mol. The number of hydrogen-bond donors (Lipinski definition) is 1. The SMILES string of the molecule is CC[C@@H](C)CN(C)C(=O)NCc1cn2c(n1)CCCC2. The zero-order chi connectivity index (χ0) is 14.5. The quantitative estimate of drug-likeness (QED) is 0.899. The highest BCUT2D eigenvalue weighted by atomic mass is 16.2. The Hall–Kier alpha value is -1.52. The van der Waals surface area contributed by atoms with Crippen LogP contribution in [0, 0.1) is 5.92 Å². The summed E-state index contributed by atoms with van der Waals surface area (Å²) in [6, 6.07) is -0.0173. The number of aromatic nitrogens is 2. The minimum atomic E-state index is -0.0173. The maximum atomic E-state index is 12.0. The van der Waals surface area contributed by atoms with E-state index in [4.69, 9.17) is 0 Å². The summed E-state index contributed by atoms with van der Waals surface area (Å²) in [4.78, 5) is 18.3. The van der Waals surface area contributed by atoms with Crippen LogP contribution in [0.15, 0.2) is 6.20 Å². The first-order valence-corrected chi connectivity index (χ1v) is 7.64. The van der Waals surface area contributed by atoms with Gasteiger partial charge in [0, 0.05) is 32.8 Å². The fourth-order valence-corrected chi connectivity index (χ4v) is 2.54. The molecule has 1 aromatic heterocycles. The fraction of sp³-hybridized carbons (Fsp3) is 0.733. The Morgan fingerprint density at radius 3 is 3.05 bits per heavy atom. The number of nitrogens with one attached hydrogen (secondary N) is 1. The van der Waals surface area contributed by atoms with Crippen molar-refractivity contribution in [3.05, 3.63) is 17.7 Å². The normalized spacial score (nSPS) is 15.6. The van der Waals surface area contributed by atoms with Gasteiger partial charge in [-0.15, -0.1) is 0 Å². The summed E-state index contributed by atoms with van der Waals surface area (Å²) in [5.41, 5.74) is 0.965. The molecule has 1 aliphatic rings. The van der Waals surface area contributed by atoms with Gasteiger partial charge in [0.25, 0.3) is 0 Å². The van der Waals surface area contributed by atoms with Crippen molar-refractivity contribution in [1.82, 2.24) is 19.8 Å². The van der Waals surface area contributed by atoms with Crippen LogP contribution in [0.4, 0.5) is 4.79 Å². The third kappa shape index (κ3) is 3.74. The molecule has 20 heavy (non-hydrogen) atoms. The molecule has 5 heteroatoms. The molecule has 0 bridgehead atoms. The van der Waals surface area contributed by atoms with Crippen LogP contribution in [0.5, 0.6) is 0 Å². The molecule has 2 rings (SSSR count). The van der Waals surface area contributed by atoms with Gasteiger partial charge in [-0.05, 0) is 18.8 Å². The van der Waals surface area contributed by atoms with Crippen molar-refractivity contribution in [1.29, 1.82) is 0 Å². The monoisotopic (exact) mass is 278 g/mol. The second kappa shape index (κ2) is 6.77. The molecule has 112 valence electrons. The Bertz CT molecular complexity index is 431. The van der Waals surface area contributed by atoms with Crippen LogP contribution in [0.3, 0.4) is 0 Å². The van der Waals surface area contributed by atoms with Gasteiger partial charge >= 0.3 is 6.03 Å². The summed E-state index contributed by atoms with van der Waals surface area (Å²) in [5.74, 6) is 1.69. The zero-order valence-electron chi connectivity index (χ0n) is 12.9. The molecule has 0 fully saturated rings. The van der Waals surface area contributed by atoms with Gasteiger partial charge in [-0.3, -0.25) is 0 Å². The first-order valence-electron chi connectivity index (χ1n) is 7.64. The van der Waals surface area contributed by atoms with E-state index in [9.17, 15) is 4.79 Å². The fourth-order valence-electron chi connectivity index (χ4n) is 2.54. The number of hydrogen-bond acceptors (Lipinski definition) is 2. The van der Waals surface area contributed by atoms with Gasteiger partial charge in [-0.1, -0.05) is 20.3 Å². The first-order chi connectivity index (χ1) is 9.60. The molecule has 0 spiro atoms. The summed E-state index contributed by atoms with van der Waals surface area (Å²) in [5, 5.41) is 2.95. The number of carbonyl (C=O) groups is 1. The Morgan fingerprint density at radius 2 is 2.35 bits per heavy atom. The molecule has 0 saturated carbocycles. The molecule has 1 N–H and O–H groups in total. The number of amides is 2. The first kappa shape index (κ1) is 14.9. The number of fused-ring (bicyclic) bond motifs is 1. The summed E-state index contributed by atoms with van der Waals surface area (Å²) >= 11 is 0. The van der Waals surface area contributed by atoms with E-state index in [1.807, 2.05) is 7.05 Å². The molecule has 0 aliphatic carbocycles. The summed E-state index contributed by atoms with van der Waals surface area (Å²) in [6.07, 6.45) is 6.67. The van der Waals surface area contributed by atoms with Gasteiger partial charge in [-0.2, -0.15) is 0 Å². The number of rotatable bonds is 5. The Balaban J connectivity index is 1.82. The van der Waals surface area contributed by atoms with Crippen LogP contribution in [-0.4, -0.2) is 34.1 Å². The zero-order valence-corrected chi connectivity index (χ0v) is 12.9. The molecule has 2 heterocycles. The van der Waals surface area contributed by atoms with E-state index in [1.165, 1.54) is 12.8 Å². The molecular formula is C15H26N4O. The van der Waals surface area contributed by atoms with Gasteiger partial charge in [-0.25, -0.2) is 9.78 Å². The lowest BCUT2D eigenvalue weighted by molar-refractivity contribution is 0.201. The molecular weight excluding hydrogens is 252 g/mol. The molecule has 1 atom stereocenters. The topological polar surface area (TPSA) is 50.2 Å².